The highest BCUT2D eigenvalue weighted by atomic mass is 15.2. The van der Waals surface area contributed by atoms with Crippen molar-refractivity contribution in [3.63, 3.8) is 0 Å². The van der Waals surface area contributed by atoms with Crippen molar-refractivity contribution >= 4 is 122 Å². The van der Waals surface area contributed by atoms with E-state index in [-0.39, 0.29) is 23.0 Å². The van der Waals surface area contributed by atoms with E-state index in [1.165, 1.54) is 98.2 Å². The average Bonchev–Trinajstić information content (AvgIpc) is 1.14. The molecule has 19 rings (SSSR count). The van der Waals surface area contributed by atoms with Crippen molar-refractivity contribution < 1.29 is 0 Å². The summed E-state index contributed by atoms with van der Waals surface area (Å²) in [6, 6.07) is 120. The molecule has 0 bridgehead atoms. The molecule has 2 aromatic heterocycles. The van der Waals surface area contributed by atoms with Gasteiger partial charge in [0.25, 0.3) is 6.71 Å². The molecule has 17 aromatic rings. The van der Waals surface area contributed by atoms with E-state index in [0.717, 1.165) is 90.0 Å². The van der Waals surface area contributed by atoms with Crippen LogP contribution in [0.3, 0.4) is 0 Å². The van der Waals surface area contributed by atoms with E-state index in [1.54, 1.807) is 0 Å². The Bertz CT molecular complexity index is 5810. The van der Waals surface area contributed by atoms with Crippen LogP contribution in [0, 0.1) is 0 Å². The Kier molecular flexibility index (Phi) is 14.1. The van der Waals surface area contributed by atoms with Crippen LogP contribution >= 0.6 is 0 Å². The molecule has 0 saturated heterocycles. The van der Waals surface area contributed by atoms with Crippen LogP contribution < -0.4 is 26.2 Å². The maximum Gasteiger partial charge on any atom is 0.252 e. The summed E-state index contributed by atoms with van der Waals surface area (Å²) < 4.78 is 5.12. The van der Waals surface area contributed by atoms with Crippen LogP contribution in [0.5, 0.6) is 0 Å². The molecule has 0 saturated carbocycles. The van der Waals surface area contributed by atoms with Crippen LogP contribution in [0.2, 0.25) is 0 Å². The van der Waals surface area contributed by atoms with E-state index >= 15 is 0 Å². The standard InChI is InChI=1S/C98H79BN4/c1-96(2,3)68-46-54-83-79(56-68)91-73-38-24-22-36-66(73)44-52-85(91)100(83)71-48-50-81-87(60-71)102(94-75(62-28-14-10-15-29-62)40-26-41-76(94)63-30-16-11-17-31-63)89-58-70(98(7,8)9)59-90-93(89)99(81)82-51-49-72(101-84-55-47-69(97(4,5)6)57-80(84)92-74-39-25-23-37-67(74)45-53-86(92)101)61-88(82)103(90)95-77(64-32-18-12-19-33-64)42-27-43-78(95)65-34-20-13-21-35-65/h10-61H,1-9H3. The first-order valence-electron chi connectivity index (χ1n) is 36.5. The smallest absolute Gasteiger partial charge is 0.252 e. The van der Waals surface area contributed by atoms with Gasteiger partial charge in [0, 0.05) is 77.9 Å². The molecule has 0 amide bonds. The van der Waals surface area contributed by atoms with Gasteiger partial charge in [0.05, 0.1) is 33.4 Å². The Hall–Kier alpha value is -11.9. The fourth-order valence-corrected chi connectivity index (χ4v) is 17.2. The zero-order valence-corrected chi connectivity index (χ0v) is 59.9. The molecule has 2 aliphatic heterocycles. The number of rotatable bonds is 8. The van der Waals surface area contributed by atoms with Crippen molar-refractivity contribution in [1.82, 2.24) is 9.13 Å². The van der Waals surface area contributed by atoms with Gasteiger partial charge in [0.1, 0.15) is 0 Å². The average molecular weight is 1320 g/mol. The summed E-state index contributed by atoms with van der Waals surface area (Å²) in [5.74, 6) is 0. The maximum absolute atomic E-state index is 2.71. The fourth-order valence-electron chi connectivity index (χ4n) is 17.2. The number of aromatic nitrogens is 2. The Labute approximate surface area is 604 Å². The first-order valence-corrected chi connectivity index (χ1v) is 36.5. The molecule has 0 spiro atoms. The number of fused-ring (bicyclic) bond motifs is 14. The van der Waals surface area contributed by atoms with Crippen LogP contribution in [0.15, 0.2) is 315 Å². The summed E-state index contributed by atoms with van der Waals surface area (Å²) >= 11 is 0. The number of benzene rings is 15. The van der Waals surface area contributed by atoms with Gasteiger partial charge in [0.15, 0.2) is 0 Å². The van der Waals surface area contributed by atoms with Crippen molar-refractivity contribution in [2.24, 2.45) is 0 Å². The number of para-hydroxylation sites is 2. The molecule has 494 valence electrons. The van der Waals surface area contributed by atoms with Gasteiger partial charge in [-0.3, -0.25) is 0 Å². The minimum absolute atomic E-state index is 0.0614. The summed E-state index contributed by atoms with van der Waals surface area (Å²) in [5.41, 5.74) is 30.1. The Morgan fingerprint density at radius 3 is 0.951 bits per heavy atom. The highest BCUT2D eigenvalue weighted by Crippen LogP contribution is 2.55. The van der Waals surface area contributed by atoms with Crippen molar-refractivity contribution in [3.8, 4) is 55.9 Å². The molecule has 0 N–H and O–H groups in total. The number of anilines is 6. The molecule has 4 nitrogen and oxygen atoms in total. The van der Waals surface area contributed by atoms with E-state index in [1.807, 2.05) is 0 Å². The minimum atomic E-state index is -0.319. The number of hydrogen-bond donors (Lipinski definition) is 0. The molecule has 103 heavy (non-hydrogen) atoms. The maximum atomic E-state index is 2.71. The predicted octanol–water partition coefficient (Wildman–Crippen LogP) is 24.8. The van der Waals surface area contributed by atoms with E-state index in [9.17, 15) is 0 Å². The predicted molar refractivity (Wildman–Crippen MR) is 442 cm³/mol. The molecule has 0 unspecified atom stereocenters. The summed E-state index contributed by atoms with van der Waals surface area (Å²) in [5, 5.41) is 10.0. The van der Waals surface area contributed by atoms with Gasteiger partial charge >= 0.3 is 0 Å². The lowest BCUT2D eigenvalue weighted by molar-refractivity contribution is 0.590. The van der Waals surface area contributed by atoms with Gasteiger partial charge in [-0.2, -0.15) is 0 Å². The highest BCUT2D eigenvalue weighted by molar-refractivity contribution is 7.00. The van der Waals surface area contributed by atoms with Gasteiger partial charge in [-0.25, -0.2) is 0 Å². The van der Waals surface area contributed by atoms with Gasteiger partial charge in [0.2, 0.25) is 0 Å². The summed E-state index contributed by atoms with van der Waals surface area (Å²) in [7, 11) is 0. The lowest BCUT2D eigenvalue weighted by Gasteiger charge is -2.46. The van der Waals surface area contributed by atoms with Crippen molar-refractivity contribution in [1.29, 1.82) is 0 Å². The molecule has 2 aliphatic rings. The fraction of sp³-hybridized carbons (Fsp3) is 0.122. The van der Waals surface area contributed by atoms with Crippen molar-refractivity contribution in [2.75, 3.05) is 9.80 Å². The van der Waals surface area contributed by atoms with Crippen molar-refractivity contribution in [3.05, 3.63) is 332 Å². The molecule has 0 radical (unpaired) electrons. The highest BCUT2D eigenvalue weighted by Gasteiger charge is 2.46. The van der Waals surface area contributed by atoms with Crippen molar-refractivity contribution in [2.45, 2.75) is 78.6 Å². The molecular weight excluding hydrogens is 1240 g/mol. The van der Waals surface area contributed by atoms with E-state index < -0.39 is 0 Å². The third-order valence-corrected chi connectivity index (χ3v) is 22.3. The SMILES string of the molecule is CC(C)(C)c1cc2c3c(c1)N(c1c(-c4ccccc4)cccc1-c1ccccc1)c1cc(-n4c5ccc(C(C)(C)C)cc5c5c6ccccc6ccc54)ccc1B3c1ccc(-n3c4ccc(C(C)(C)C)cc4c4c5ccccc5ccc43)cc1N2c1c(-c2ccccc2)cccc1-c1ccccc1. The first-order chi connectivity index (χ1) is 50.0. The summed E-state index contributed by atoms with van der Waals surface area (Å²) in [6.45, 7) is 20.9. The van der Waals surface area contributed by atoms with E-state index in [4.69, 9.17) is 0 Å². The van der Waals surface area contributed by atoms with Gasteiger partial charge in [-0.15, -0.1) is 0 Å². The Morgan fingerprint density at radius 2 is 0.592 bits per heavy atom. The number of nitrogens with zero attached hydrogens (tertiary/aromatic N) is 4. The molecule has 5 heteroatoms. The third-order valence-electron chi connectivity index (χ3n) is 22.3. The topological polar surface area (TPSA) is 16.3 Å². The molecule has 0 aliphatic carbocycles. The van der Waals surface area contributed by atoms with E-state index in [2.05, 4.69) is 397 Å². The second-order valence-corrected chi connectivity index (χ2v) is 31.6. The number of hydrogen-bond acceptors (Lipinski definition) is 2. The van der Waals surface area contributed by atoms with Crippen LogP contribution in [-0.4, -0.2) is 15.8 Å². The van der Waals surface area contributed by atoms with Gasteiger partial charge in [-0.05, 0) is 166 Å². The normalized spacial score (nSPS) is 13.0. The van der Waals surface area contributed by atoms with E-state index in [0.29, 0.717) is 0 Å². The largest absolute Gasteiger partial charge is 0.310 e. The summed E-state index contributed by atoms with van der Waals surface area (Å²) in [4.78, 5) is 5.42. The van der Waals surface area contributed by atoms with Crippen LogP contribution in [0.25, 0.3) is 121 Å². The lowest BCUT2D eigenvalue weighted by atomic mass is 9.33. The molecule has 0 atom stereocenters. The molecule has 4 heterocycles. The zero-order chi connectivity index (χ0) is 69.8. The third kappa shape index (κ3) is 9.87. The summed E-state index contributed by atoms with van der Waals surface area (Å²) in [6.07, 6.45) is 0. The van der Waals surface area contributed by atoms with Crippen LogP contribution in [0.4, 0.5) is 34.1 Å². The van der Waals surface area contributed by atoms with Crippen LogP contribution in [0.1, 0.15) is 79.0 Å². The second-order valence-electron chi connectivity index (χ2n) is 31.6. The van der Waals surface area contributed by atoms with Gasteiger partial charge in [-0.1, -0.05) is 305 Å². The quantitative estimate of drug-likeness (QED) is 0.141. The molecule has 15 aromatic carbocycles. The molecular formula is C98H79BN4. The second kappa shape index (κ2) is 23.3. The van der Waals surface area contributed by atoms with Gasteiger partial charge < -0.3 is 18.9 Å². The zero-order valence-electron chi connectivity index (χ0n) is 59.9. The van der Waals surface area contributed by atoms with Crippen LogP contribution in [-0.2, 0) is 16.2 Å². The monoisotopic (exact) mass is 1320 g/mol. The first kappa shape index (κ1) is 62.1. The minimum Gasteiger partial charge on any atom is -0.310 e. The molecule has 0 fully saturated rings. The lowest BCUT2D eigenvalue weighted by Crippen LogP contribution is -2.61. The Morgan fingerprint density at radius 1 is 0.252 bits per heavy atom. The Balaban J connectivity index is 0.978.